The third kappa shape index (κ3) is 6.33. The van der Waals surface area contributed by atoms with Crippen molar-refractivity contribution in [2.75, 3.05) is 19.5 Å². The lowest BCUT2D eigenvalue weighted by atomic mass is 10.2. The summed E-state index contributed by atoms with van der Waals surface area (Å²) < 4.78 is 11.6. The maximum atomic E-state index is 12.1. The van der Waals surface area contributed by atoms with Crippen molar-refractivity contribution in [3.63, 3.8) is 0 Å². The third-order valence-corrected chi connectivity index (χ3v) is 5.33. The number of halogens is 1. The van der Waals surface area contributed by atoms with E-state index in [-0.39, 0.29) is 18.4 Å². The van der Waals surface area contributed by atoms with Crippen LogP contribution in [0.3, 0.4) is 0 Å². The second-order valence-electron chi connectivity index (χ2n) is 6.07. The Bertz CT molecular complexity index is 982. The van der Waals surface area contributed by atoms with Crippen LogP contribution in [-0.2, 0) is 16.1 Å². The molecule has 1 saturated heterocycles. The molecule has 30 heavy (non-hydrogen) atoms. The maximum Gasteiger partial charge on any atom is 0.258 e. The van der Waals surface area contributed by atoms with Crippen molar-refractivity contribution in [2.24, 2.45) is 10.2 Å². The fraction of sp³-hybridized carbons (Fsp3) is 0.200. The molecule has 10 heteroatoms. The number of nitrogens with one attached hydrogen (secondary N) is 2. The molecule has 2 N–H and O–H groups in total. The molecule has 0 atom stereocenters. The van der Waals surface area contributed by atoms with Gasteiger partial charge in [0.1, 0.15) is 0 Å². The standard InChI is InChI=1S/C20H19BrN4O4S/c1-28-16-8-14(10-23-25-20-24-18(27)12-30-20)7-15(21)19(16)29-11-17(26)22-9-13-5-3-2-4-6-13/h2-8,10H,9,11-12H2,1H3,(H,22,26)(H,24,25,27). The molecule has 0 radical (unpaired) electrons. The van der Waals surface area contributed by atoms with Crippen molar-refractivity contribution in [2.45, 2.75) is 6.54 Å². The van der Waals surface area contributed by atoms with Crippen molar-refractivity contribution in [3.05, 3.63) is 58.1 Å². The summed E-state index contributed by atoms with van der Waals surface area (Å²) in [4.78, 5) is 23.2. The molecule has 1 fully saturated rings. The van der Waals surface area contributed by atoms with Gasteiger partial charge < -0.3 is 20.1 Å². The summed E-state index contributed by atoms with van der Waals surface area (Å²) in [5.74, 6) is 0.865. The first-order chi connectivity index (χ1) is 14.5. The Labute approximate surface area is 186 Å². The average Bonchev–Trinajstić information content (AvgIpc) is 3.16. The number of carbonyl (C=O) groups excluding carboxylic acids is 2. The number of amidine groups is 1. The van der Waals surface area contributed by atoms with Crippen molar-refractivity contribution >= 4 is 50.9 Å². The summed E-state index contributed by atoms with van der Waals surface area (Å²) in [5, 5.41) is 13.8. The molecule has 1 aliphatic heterocycles. The van der Waals surface area contributed by atoms with Crippen LogP contribution in [0, 0.1) is 0 Å². The van der Waals surface area contributed by atoms with Crippen LogP contribution in [0.5, 0.6) is 11.5 Å². The highest BCUT2D eigenvalue weighted by atomic mass is 79.9. The molecule has 0 bridgehead atoms. The van der Waals surface area contributed by atoms with Gasteiger partial charge in [0.2, 0.25) is 5.91 Å². The zero-order valence-electron chi connectivity index (χ0n) is 16.1. The Morgan fingerprint density at radius 2 is 2.13 bits per heavy atom. The lowest BCUT2D eigenvalue weighted by Crippen LogP contribution is -2.28. The molecule has 1 heterocycles. The highest BCUT2D eigenvalue weighted by molar-refractivity contribution is 9.10. The van der Waals surface area contributed by atoms with Gasteiger partial charge in [-0.2, -0.15) is 5.10 Å². The second-order valence-corrected chi connectivity index (χ2v) is 7.89. The van der Waals surface area contributed by atoms with Crippen LogP contribution in [0.4, 0.5) is 0 Å². The van der Waals surface area contributed by atoms with Crippen molar-refractivity contribution in [1.29, 1.82) is 0 Å². The summed E-state index contributed by atoms with van der Waals surface area (Å²) in [6.45, 7) is 0.276. The van der Waals surface area contributed by atoms with Crippen LogP contribution < -0.4 is 20.1 Å². The van der Waals surface area contributed by atoms with E-state index in [2.05, 4.69) is 36.8 Å². The SMILES string of the molecule is COc1cc(C=NN=C2NC(=O)CS2)cc(Br)c1OCC(=O)NCc1ccccc1. The molecule has 0 unspecified atom stereocenters. The number of hydrogen-bond acceptors (Lipinski definition) is 7. The minimum atomic E-state index is -0.245. The van der Waals surface area contributed by atoms with Crippen molar-refractivity contribution in [3.8, 4) is 11.5 Å². The number of amides is 2. The number of carbonyl (C=O) groups is 2. The zero-order chi connectivity index (χ0) is 21.3. The maximum absolute atomic E-state index is 12.1. The summed E-state index contributed by atoms with van der Waals surface area (Å²) in [5.41, 5.74) is 1.71. The first-order valence-electron chi connectivity index (χ1n) is 8.90. The largest absolute Gasteiger partial charge is 0.493 e. The number of thioether (sulfide) groups is 1. The van der Waals surface area contributed by atoms with Gasteiger partial charge in [-0.1, -0.05) is 42.1 Å². The number of hydrogen-bond donors (Lipinski definition) is 2. The molecular weight excluding hydrogens is 472 g/mol. The number of benzene rings is 2. The Hall–Kier alpha value is -2.85. The molecular formula is C20H19BrN4O4S. The lowest BCUT2D eigenvalue weighted by molar-refractivity contribution is -0.123. The predicted molar refractivity (Wildman–Crippen MR) is 120 cm³/mol. The zero-order valence-corrected chi connectivity index (χ0v) is 18.5. The Morgan fingerprint density at radius 3 is 2.83 bits per heavy atom. The van der Waals surface area contributed by atoms with E-state index in [1.807, 2.05) is 30.3 Å². The molecule has 2 aromatic carbocycles. The van der Waals surface area contributed by atoms with Gasteiger partial charge in [-0.25, -0.2) is 0 Å². The number of methoxy groups -OCH3 is 1. The van der Waals surface area contributed by atoms with Crippen LogP contribution in [0.25, 0.3) is 0 Å². The quantitative estimate of drug-likeness (QED) is 0.437. The second kappa shape index (κ2) is 10.8. The first kappa shape index (κ1) is 21.8. The van der Waals surface area contributed by atoms with Gasteiger partial charge in [-0.15, -0.1) is 5.10 Å². The Kier molecular flexibility index (Phi) is 7.86. The summed E-state index contributed by atoms with van der Waals surface area (Å²) >= 11 is 4.73. The highest BCUT2D eigenvalue weighted by Gasteiger charge is 2.16. The van der Waals surface area contributed by atoms with Crippen molar-refractivity contribution in [1.82, 2.24) is 10.6 Å². The minimum absolute atomic E-state index is 0.0901. The number of rotatable bonds is 8. The molecule has 3 rings (SSSR count). The van der Waals surface area contributed by atoms with Gasteiger partial charge in [0.05, 0.1) is 23.5 Å². The van der Waals surface area contributed by atoms with Gasteiger partial charge in [-0.05, 0) is 39.2 Å². The molecule has 156 valence electrons. The number of ether oxygens (including phenoxy) is 2. The van der Waals surface area contributed by atoms with Crippen LogP contribution >= 0.6 is 27.7 Å². The average molecular weight is 491 g/mol. The van der Waals surface area contributed by atoms with E-state index in [1.54, 1.807) is 12.1 Å². The van der Waals surface area contributed by atoms with Crippen LogP contribution in [0.15, 0.2) is 57.1 Å². The molecule has 2 aromatic rings. The minimum Gasteiger partial charge on any atom is -0.493 e. The van der Waals surface area contributed by atoms with E-state index in [0.29, 0.717) is 39.0 Å². The van der Waals surface area contributed by atoms with E-state index in [1.165, 1.54) is 25.1 Å². The molecule has 8 nitrogen and oxygen atoms in total. The fourth-order valence-electron chi connectivity index (χ4n) is 2.47. The molecule has 1 aliphatic rings. The summed E-state index contributed by atoms with van der Waals surface area (Å²) in [6.07, 6.45) is 1.53. The van der Waals surface area contributed by atoms with Gasteiger partial charge in [0.15, 0.2) is 23.3 Å². The van der Waals surface area contributed by atoms with E-state index in [4.69, 9.17) is 9.47 Å². The normalized spacial score (nSPS) is 14.7. The van der Waals surface area contributed by atoms with Gasteiger partial charge in [0.25, 0.3) is 5.91 Å². The summed E-state index contributed by atoms with van der Waals surface area (Å²) in [6, 6.07) is 13.1. The van der Waals surface area contributed by atoms with E-state index in [0.717, 1.165) is 5.56 Å². The first-order valence-corrected chi connectivity index (χ1v) is 10.7. The van der Waals surface area contributed by atoms with E-state index in [9.17, 15) is 9.59 Å². The van der Waals surface area contributed by atoms with Gasteiger partial charge >= 0.3 is 0 Å². The topological polar surface area (TPSA) is 101 Å². The van der Waals surface area contributed by atoms with Crippen LogP contribution in [-0.4, -0.2) is 42.7 Å². The van der Waals surface area contributed by atoms with Gasteiger partial charge in [0, 0.05) is 6.54 Å². The highest BCUT2D eigenvalue weighted by Crippen LogP contribution is 2.36. The molecule has 0 aromatic heterocycles. The number of nitrogens with zero attached hydrogens (tertiary/aromatic N) is 2. The third-order valence-electron chi connectivity index (χ3n) is 3.87. The van der Waals surface area contributed by atoms with Crippen LogP contribution in [0.1, 0.15) is 11.1 Å². The smallest absolute Gasteiger partial charge is 0.258 e. The lowest BCUT2D eigenvalue weighted by Gasteiger charge is -2.13. The van der Waals surface area contributed by atoms with E-state index < -0.39 is 0 Å². The van der Waals surface area contributed by atoms with Gasteiger partial charge in [-0.3, -0.25) is 9.59 Å². The Balaban J connectivity index is 1.59. The molecule has 0 aliphatic carbocycles. The molecule has 2 amide bonds. The fourth-order valence-corrected chi connectivity index (χ4v) is 3.67. The predicted octanol–water partition coefficient (Wildman–Crippen LogP) is 2.71. The van der Waals surface area contributed by atoms with Crippen molar-refractivity contribution < 1.29 is 19.1 Å². The molecule has 0 spiro atoms. The molecule has 0 saturated carbocycles. The van der Waals surface area contributed by atoms with E-state index >= 15 is 0 Å². The monoisotopic (exact) mass is 490 g/mol. The summed E-state index contributed by atoms with van der Waals surface area (Å²) in [7, 11) is 1.51. The Morgan fingerprint density at radius 1 is 1.33 bits per heavy atom. The van der Waals surface area contributed by atoms with Crippen LogP contribution in [0.2, 0.25) is 0 Å².